The maximum atomic E-state index is 12.6. The Morgan fingerprint density at radius 1 is 1.12 bits per heavy atom. The van der Waals surface area contributed by atoms with E-state index < -0.39 is 11.8 Å². The zero-order valence-electron chi connectivity index (χ0n) is 12.8. The molecule has 2 aromatic carbocycles. The van der Waals surface area contributed by atoms with E-state index >= 15 is 0 Å². The first-order valence-electron chi connectivity index (χ1n) is 7.12. The van der Waals surface area contributed by atoms with E-state index in [4.69, 9.17) is 17.0 Å². The fourth-order valence-corrected chi connectivity index (χ4v) is 3.52. The minimum absolute atomic E-state index is 0.231. The Labute approximate surface area is 149 Å². The predicted octanol–water partition coefficient (Wildman–Crippen LogP) is 3.74. The fourth-order valence-electron chi connectivity index (χ4n) is 2.28. The van der Waals surface area contributed by atoms with Crippen LogP contribution in [-0.2, 0) is 4.79 Å². The van der Waals surface area contributed by atoms with Crippen LogP contribution < -0.4 is 4.74 Å². The molecule has 24 heavy (non-hydrogen) atoms. The fraction of sp³-hybridized carbons (Fsp3) is 0.0556. The Morgan fingerprint density at radius 3 is 2.50 bits per heavy atom. The molecule has 0 radical (unpaired) electrons. The van der Waals surface area contributed by atoms with Crippen molar-refractivity contribution in [2.45, 2.75) is 0 Å². The molecule has 4 nitrogen and oxygen atoms in total. The van der Waals surface area contributed by atoms with Gasteiger partial charge in [0.15, 0.2) is 4.32 Å². The molecular weight excluding hydrogens is 342 g/mol. The number of ether oxygens (including phenoxy) is 1. The summed E-state index contributed by atoms with van der Waals surface area (Å²) in [5.74, 6) is -0.177. The molecular formula is C18H13NO3S2. The Morgan fingerprint density at radius 2 is 1.79 bits per heavy atom. The molecule has 1 aliphatic heterocycles. The molecule has 0 N–H and O–H groups in total. The smallest absolute Gasteiger partial charge is 0.273 e. The van der Waals surface area contributed by atoms with Gasteiger partial charge in [-0.3, -0.25) is 9.59 Å². The number of imide groups is 1. The number of rotatable bonds is 3. The Bertz CT molecular complexity index is 846. The number of hydrogen-bond donors (Lipinski definition) is 0. The number of carbonyl (C=O) groups is 2. The normalized spacial score (nSPS) is 15.9. The van der Waals surface area contributed by atoms with Crippen LogP contribution >= 0.6 is 24.0 Å². The van der Waals surface area contributed by atoms with Gasteiger partial charge in [-0.15, -0.1) is 0 Å². The van der Waals surface area contributed by atoms with Crippen molar-refractivity contribution in [3.05, 3.63) is 70.6 Å². The highest BCUT2D eigenvalue weighted by molar-refractivity contribution is 8.26. The third-order valence-electron chi connectivity index (χ3n) is 3.44. The average Bonchev–Trinajstić information content (AvgIpc) is 2.89. The molecule has 0 saturated carbocycles. The molecule has 1 saturated heterocycles. The lowest BCUT2D eigenvalue weighted by molar-refractivity contribution is -0.120. The first-order valence-corrected chi connectivity index (χ1v) is 8.34. The van der Waals surface area contributed by atoms with Crippen LogP contribution in [0.5, 0.6) is 5.75 Å². The number of nitrogens with zero attached hydrogens (tertiary/aromatic N) is 1. The van der Waals surface area contributed by atoms with Crippen molar-refractivity contribution in [3.8, 4) is 5.75 Å². The van der Waals surface area contributed by atoms with Crippen LogP contribution in [0, 0.1) is 0 Å². The van der Waals surface area contributed by atoms with E-state index in [1.165, 1.54) is 0 Å². The standard InChI is InChI=1S/C18H13NO3S2/c1-22-14-10-6-5-9-13(14)11-15-17(21)19(18(23)24-15)16(20)12-7-3-2-4-8-12/h2-11H,1H3. The molecule has 6 heteroatoms. The van der Waals surface area contributed by atoms with Gasteiger partial charge in [0.2, 0.25) is 0 Å². The molecule has 1 heterocycles. The zero-order valence-corrected chi connectivity index (χ0v) is 14.4. The largest absolute Gasteiger partial charge is 0.496 e. The lowest BCUT2D eigenvalue weighted by Crippen LogP contribution is -2.34. The van der Waals surface area contributed by atoms with Gasteiger partial charge in [0, 0.05) is 11.1 Å². The third-order valence-corrected chi connectivity index (χ3v) is 4.75. The lowest BCUT2D eigenvalue weighted by atomic mass is 10.1. The number of thiocarbonyl (C=S) groups is 1. The molecule has 2 amide bonds. The second-order valence-corrected chi connectivity index (χ2v) is 6.61. The minimum Gasteiger partial charge on any atom is -0.496 e. The van der Waals surface area contributed by atoms with E-state index in [0.29, 0.717) is 16.2 Å². The van der Waals surface area contributed by atoms with Crippen molar-refractivity contribution in [2.75, 3.05) is 7.11 Å². The van der Waals surface area contributed by atoms with Crippen LogP contribution in [0.25, 0.3) is 6.08 Å². The van der Waals surface area contributed by atoms with Crippen molar-refractivity contribution in [2.24, 2.45) is 0 Å². The van der Waals surface area contributed by atoms with E-state index in [9.17, 15) is 9.59 Å². The molecule has 3 rings (SSSR count). The predicted molar refractivity (Wildman–Crippen MR) is 98.8 cm³/mol. The second-order valence-electron chi connectivity index (χ2n) is 4.93. The van der Waals surface area contributed by atoms with Crippen LogP contribution in [0.1, 0.15) is 15.9 Å². The molecule has 1 aliphatic rings. The van der Waals surface area contributed by atoms with Gasteiger partial charge >= 0.3 is 0 Å². The van der Waals surface area contributed by atoms with Crippen LogP contribution in [-0.4, -0.2) is 28.1 Å². The molecule has 0 bridgehead atoms. The highest BCUT2D eigenvalue weighted by Gasteiger charge is 2.37. The van der Waals surface area contributed by atoms with Gasteiger partial charge in [0.1, 0.15) is 5.75 Å². The van der Waals surface area contributed by atoms with E-state index in [-0.39, 0.29) is 4.32 Å². The molecule has 120 valence electrons. The summed E-state index contributed by atoms with van der Waals surface area (Å²) in [5.41, 5.74) is 1.18. The Kier molecular flexibility index (Phi) is 4.78. The van der Waals surface area contributed by atoms with Gasteiger partial charge in [-0.05, 0) is 24.3 Å². The summed E-state index contributed by atoms with van der Waals surface area (Å²) in [4.78, 5) is 26.6. The molecule has 0 unspecified atom stereocenters. The van der Waals surface area contributed by atoms with E-state index in [1.54, 1.807) is 37.5 Å². The number of methoxy groups -OCH3 is 1. The monoisotopic (exact) mass is 355 g/mol. The number of benzene rings is 2. The molecule has 1 fully saturated rings. The number of carbonyl (C=O) groups excluding carboxylic acids is 2. The Hall–Kier alpha value is -2.44. The summed E-state index contributed by atoms with van der Waals surface area (Å²) in [7, 11) is 1.57. The van der Waals surface area contributed by atoms with Crippen LogP contribution in [0.2, 0.25) is 0 Å². The van der Waals surface area contributed by atoms with Crippen molar-refractivity contribution >= 4 is 46.2 Å². The maximum absolute atomic E-state index is 12.6. The number of hydrogen-bond acceptors (Lipinski definition) is 5. The second kappa shape index (κ2) is 6.98. The molecule has 0 aromatic heterocycles. The van der Waals surface area contributed by atoms with Crippen molar-refractivity contribution in [1.82, 2.24) is 4.90 Å². The van der Waals surface area contributed by atoms with Gasteiger partial charge in [-0.1, -0.05) is 60.4 Å². The summed E-state index contributed by atoms with van der Waals surface area (Å²) in [6.45, 7) is 0. The average molecular weight is 355 g/mol. The first-order chi connectivity index (χ1) is 11.6. The highest BCUT2D eigenvalue weighted by Crippen LogP contribution is 2.35. The summed E-state index contributed by atoms with van der Waals surface area (Å²) < 4.78 is 5.51. The van der Waals surface area contributed by atoms with Crippen LogP contribution in [0.15, 0.2) is 59.5 Å². The lowest BCUT2D eigenvalue weighted by Gasteiger charge is -2.12. The van der Waals surface area contributed by atoms with Crippen molar-refractivity contribution in [3.63, 3.8) is 0 Å². The van der Waals surface area contributed by atoms with Crippen molar-refractivity contribution < 1.29 is 14.3 Å². The molecule has 0 spiro atoms. The topological polar surface area (TPSA) is 46.6 Å². The van der Waals surface area contributed by atoms with E-state index in [0.717, 1.165) is 22.2 Å². The van der Waals surface area contributed by atoms with Gasteiger partial charge < -0.3 is 4.74 Å². The van der Waals surface area contributed by atoms with Crippen LogP contribution in [0.4, 0.5) is 0 Å². The van der Waals surface area contributed by atoms with Gasteiger partial charge in [-0.2, -0.15) is 0 Å². The molecule has 0 atom stereocenters. The van der Waals surface area contributed by atoms with Gasteiger partial charge in [0.05, 0.1) is 12.0 Å². The quantitative estimate of drug-likeness (QED) is 0.477. The first kappa shape index (κ1) is 16.4. The maximum Gasteiger partial charge on any atom is 0.273 e. The van der Waals surface area contributed by atoms with Gasteiger partial charge in [-0.25, -0.2) is 4.90 Å². The van der Waals surface area contributed by atoms with Crippen LogP contribution in [0.3, 0.4) is 0 Å². The summed E-state index contributed by atoms with van der Waals surface area (Å²) in [6.07, 6.45) is 1.69. The molecule has 2 aromatic rings. The van der Waals surface area contributed by atoms with E-state index in [1.807, 2.05) is 30.3 Å². The molecule has 0 aliphatic carbocycles. The summed E-state index contributed by atoms with van der Waals surface area (Å²) in [6, 6.07) is 16.0. The van der Waals surface area contributed by atoms with Gasteiger partial charge in [0.25, 0.3) is 11.8 Å². The number of amides is 2. The Balaban J connectivity index is 1.92. The zero-order chi connectivity index (χ0) is 17.1. The minimum atomic E-state index is -0.415. The SMILES string of the molecule is COc1ccccc1C=C1SC(=S)N(C(=O)c2ccccc2)C1=O. The van der Waals surface area contributed by atoms with E-state index in [2.05, 4.69) is 0 Å². The summed E-state index contributed by atoms with van der Waals surface area (Å²) in [5, 5.41) is 0. The van der Waals surface area contributed by atoms with Crippen molar-refractivity contribution in [1.29, 1.82) is 0 Å². The third kappa shape index (κ3) is 3.11. The number of para-hydroxylation sites is 1. The number of thioether (sulfide) groups is 1. The highest BCUT2D eigenvalue weighted by atomic mass is 32.2. The summed E-state index contributed by atoms with van der Waals surface area (Å²) >= 11 is 6.33.